The lowest BCUT2D eigenvalue weighted by Gasteiger charge is -2.28. The number of phosphoric acid groups is 1. The molecule has 10 heteroatoms. The van der Waals surface area contributed by atoms with Crippen molar-refractivity contribution in [3.8, 4) is 0 Å². The summed E-state index contributed by atoms with van der Waals surface area (Å²) in [6.07, 6.45) is 100. The molecule has 0 saturated heterocycles. The second-order valence-electron chi connectivity index (χ2n) is 25.9. The first-order valence-corrected chi connectivity index (χ1v) is 38.7. The number of allylic oxidation sites excluding steroid dienone is 20. The van der Waals surface area contributed by atoms with Crippen LogP contribution in [0.25, 0.3) is 0 Å². The summed E-state index contributed by atoms with van der Waals surface area (Å²) in [5.74, 6) is -0.858. The number of hydrogen-bond acceptors (Lipinski definition) is 8. The molecule has 0 radical (unpaired) electrons. The van der Waals surface area contributed by atoms with Crippen molar-refractivity contribution < 1.29 is 42.1 Å². The van der Waals surface area contributed by atoms with Gasteiger partial charge in [0.15, 0.2) is 6.10 Å². The van der Waals surface area contributed by atoms with Crippen LogP contribution in [-0.4, -0.2) is 70.0 Å². The van der Waals surface area contributed by atoms with Crippen LogP contribution >= 0.6 is 7.82 Å². The zero-order valence-electron chi connectivity index (χ0n) is 59.1. The highest BCUT2D eigenvalue weighted by atomic mass is 31.2. The lowest BCUT2D eigenvalue weighted by Crippen LogP contribution is -2.37. The molecule has 0 heterocycles. The zero-order chi connectivity index (χ0) is 65.5. The third kappa shape index (κ3) is 73.5. The van der Waals surface area contributed by atoms with Gasteiger partial charge in [-0.25, -0.2) is 0 Å². The number of hydrogen-bond donors (Lipinski definition) is 0. The van der Waals surface area contributed by atoms with E-state index in [4.69, 9.17) is 18.5 Å². The Morgan fingerprint density at radius 2 is 0.633 bits per heavy atom. The predicted octanol–water partition coefficient (Wildman–Crippen LogP) is 24.0. The molecule has 0 aromatic rings. The Hall–Kier alpha value is -3.59. The molecule has 0 aliphatic rings. The van der Waals surface area contributed by atoms with Gasteiger partial charge < -0.3 is 27.9 Å². The number of carbonyl (C=O) groups excluding carboxylic acids is 2. The summed E-state index contributed by atoms with van der Waals surface area (Å²) in [5, 5.41) is 0. The highest BCUT2D eigenvalue weighted by Gasteiger charge is 2.22. The van der Waals surface area contributed by atoms with Gasteiger partial charge in [0.2, 0.25) is 0 Å². The van der Waals surface area contributed by atoms with Crippen LogP contribution in [-0.2, 0) is 32.7 Å². The van der Waals surface area contributed by atoms with E-state index in [1.807, 2.05) is 21.1 Å². The van der Waals surface area contributed by atoms with Gasteiger partial charge in [-0.2, -0.15) is 0 Å². The summed E-state index contributed by atoms with van der Waals surface area (Å²) in [6.45, 7) is 4.13. The summed E-state index contributed by atoms with van der Waals surface area (Å²) < 4.78 is 34.3. The normalized spacial score (nSPS) is 13.8. The Morgan fingerprint density at radius 3 is 0.944 bits per heavy atom. The van der Waals surface area contributed by atoms with Crippen molar-refractivity contribution in [1.82, 2.24) is 0 Å². The van der Waals surface area contributed by atoms with Crippen LogP contribution in [0.2, 0.25) is 0 Å². The minimum Gasteiger partial charge on any atom is -0.756 e. The minimum absolute atomic E-state index is 0.0408. The van der Waals surface area contributed by atoms with Gasteiger partial charge in [-0.3, -0.25) is 14.2 Å². The monoisotopic (exact) mass is 1270 g/mol. The molecule has 2 atom stereocenters. The van der Waals surface area contributed by atoms with Crippen molar-refractivity contribution in [2.24, 2.45) is 0 Å². The van der Waals surface area contributed by atoms with Crippen molar-refractivity contribution in [3.63, 3.8) is 0 Å². The fraction of sp³-hybridized carbons (Fsp3) is 0.725. The van der Waals surface area contributed by atoms with Crippen molar-refractivity contribution in [2.45, 2.75) is 328 Å². The molecule has 0 aromatic heterocycles. The van der Waals surface area contributed by atoms with E-state index in [1.54, 1.807) is 0 Å². The summed E-state index contributed by atoms with van der Waals surface area (Å²) in [5.41, 5.74) is 0. The minimum atomic E-state index is -4.66. The molecule has 0 saturated carbocycles. The van der Waals surface area contributed by atoms with Gasteiger partial charge >= 0.3 is 11.9 Å². The molecule has 90 heavy (non-hydrogen) atoms. The Morgan fingerprint density at radius 1 is 0.356 bits per heavy atom. The number of ether oxygens (including phenoxy) is 2. The molecule has 0 fully saturated rings. The molecule has 2 unspecified atom stereocenters. The molecule has 0 aliphatic carbocycles. The van der Waals surface area contributed by atoms with E-state index in [-0.39, 0.29) is 32.0 Å². The van der Waals surface area contributed by atoms with E-state index in [1.165, 1.54) is 180 Å². The number of esters is 2. The van der Waals surface area contributed by atoms with Crippen LogP contribution in [0.5, 0.6) is 0 Å². The van der Waals surface area contributed by atoms with Crippen molar-refractivity contribution in [3.05, 3.63) is 122 Å². The van der Waals surface area contributed by atoms with Crippen molar-refractivity contribution in [1.29, 1.82) is 0 Å². The fourth-order valence-corrected chi connectivity index (χ4v) is 11.1. The molecule has 0 spiro atoms. The van der Waals surface area contributed by atoms with Gasteiger partial charge in [-0.15, -0.1) is 0 Å². The van der Waals surface area contributed by atoms with Gasteiger partial charge in [0.25, 0.3) is 7.82 Å². The number of nitrogens with zero attached hydrogens (tertiary/aromatic N) is 1. The first-order valence-electron chi connectivity index (χ1n) is 37.2. The van der Waals surface area contributed by atoms with Crippen LogP contribution in [0.1, 0.15) is 322 Å². The van der Waals surface area contributed by atoms with Gasteiger partial charge in [-0.1, -0.05) is 341 Å². The van der Waals surface area contributed by atoms with E-state index in [9.17, 15) is 19.0 Å². The molecular weight excluding hydrogens is 1130 g/mol. The van der Waals surface area contributed by atoms with Crippen LogP contribution in [0.4, 0.5) is 0 Å². The highest BCUT2D eigenvalue weighted by molar-refractivity contribution is 7.45. The van der Waals surface area contributed by atoms with E-state index >= 15 is 0 Å². The number of unbranched alkanes of at least 4 members (excludes halogenated alkanes) is 34. The largest absolute Gasteiger partial charge is 0.756 e. The maximum atomic E-state index is 12.9. The quantitative estimate of drug-likeness (QED) is 0.0195. The molecule has 518 valence electrons. The molecular formula is C80H140NO8P. The van der Waals surface area contributed by atoms with Gasteiger partial charge in [0, 0.05) is 12.8 Å². The SMILES string of the molecule is CC/C=C\C/C=C\C/C=C\C/C=C\C/C=C\C/C=C\C/C=C\C/C=C\C/C=C\C/C=C\CCCCCCC(=O)OC(COC(=O)CCCCCCCCCCCCCCCCCCCCCCCCCCCCCCCCC)COP(=O)([O-])OCC[N+](C)(C)C. The van der Waals surface area contributed by atoms with E-state index < -0.39 is 26.5 Å². The summed E-state index contributed by atoms with van der Waals surface area (Å²) >= 11 is 0. The molecule has 0 rings (SSSR count). The van der Waals surface area contributed by atoms with Crippen LogP contribution in [0, 0.1) is 0 Å². The topological polar surface area (TPSA) is 111 Å². The number of phosphoric ester groups is 1. The summed E-state index contributed by atoms with van der Waals surface area (Å²) in [6, 6.07) is 0. The van der Waals surface area contributed by atoms with E-state index in [2.05, 4.69) is 135 Å². The van der Waals surface area contributed by atoms with E-state index in [0.717, 1.165) is 109 Å². The Bertz CT molecular complexity index is 1940. The maximum Gasteiger partial charge on any atom is 0.306 e. The van der Waals surface area contributed by atoms with Crippen LogP contribution in [0.15, 0.2) is 122 Å². The molecule has 0 amide bonds. The maximum absolute atomic E-state index is 12.9. The molecule has 0 aromatic carbocycles. The lowest BCUT2D eigenvalue weighted by atomic mass is 10.0. The predicted molar refractivity (Wildman–Crippen MR) is 388 cm³/mol. The number of likely N-dealkylation sites (N-methyl/N-ethyl adjacent to an activating group) is 1. The van der Waals surface area contributed by atoms with Crippen LogP contribution < -0.4 is 4.89 Å². The van der Waals surface area contributed by atoms with Gasteiger partial charge in [0.1, 0.15) is 19.8 Å². The fourth-order valence-electron chi connectivity index (χ4n) is 10.3. The Kier molecular flexibility index (Phi) is 67.0. The Labute approximate surface area is 556 Å². The van der Waals surface area contributed by atoms with Gasteiger partial charge in [0.05, 0.1) is 27.7 Å². The first kappa shape index (κ1) is 86.4. The zero-order valence-corrected chi connectivity index (χ0v) is 59.9. The second kappa shape index (κ2) is 69.7. The van der Waals surface area contributed by atoms with Crippen LogP contribution in [0.3, 0.4) is 0 Å². The summed E-state index contributed by atoms with van der Waals surface area (Å²) in [4.78, 5) is 38.1. The third-order valence-electron chi connectivity index (χ3n) is 16.0. The number of rotatable bonds is 68. The molecule has 0 N–H and O–H groups in total. The highest BCUT2D eigenvalue weighted by Crippen LogP contribution is 2.38. The smallest absolute Gasteiger partial charge is 0.306 e. The van der Waals surface area contributed by atoms with Crippen molar-refractivity contribution >= 4 is 19.8 Å². The van der Waals surface area contributed by atoms with E-state index in [0.29, 0.717) is 17.4 Å². The Balaban J connectivity index is 4.10. The molecule has 9 nitrogen and oxygen atoms in total. The molecule has 0 bridgehead atoms. The first-order chi connectivity index (χ1) is 44.0. The number of carbonyl (C=O) groups is 2. The summed E-state index contributed by atoms with van der Waals surface area (Å²) in [7, 11) is 1.14. The third-order valence-corrected chi connectivity index (χ3v) is 17.0. The van der Waals surface area contributed by atoms with Crippen molar-refractivity contribution in [2.75, 3.05) is 47.5 Å². The standard InChI is InChI=1S/C80H140NO8P/c1-6-8-10-12-14-16-18-20-22-24-26-28-30-32-34-36-38-39-40-41-43-45-47-49-51-53-55-57-59-61-63-65-67-69-71-73-80(83)89-78(77-88-90(84,85)87-75-74-81(3,4)5)76-86-79(82)72-70-68-66-64-62-60-58-56-54-52-50-48-46-44-42-37-35-33-31-29-27-25-23-21-19-17-15-13-11-9-7-2/h8,10,14,16,20,22,26,28,32,34,38-39,41,43,47,49,53,55,59,61,78H,6-7,9,11-13,15,17-19,21,23-25,27,29-31,33,35-37,40,42,44-46,48,50-52,54,56-58,60,62-77H2,1-5H3/b10-8-,16-14-,22-20-,28-26-,34-32-,39-38-,43-41-,49-47-,55-53-,61-59-. The average Bonchev–Trinajstić information content (AvgIpc) is 3.61. The van der Waals surface area contributed by atoms with Gasteiger partial charge in [-0.05, 0) is 89.9 Å². The second-order valence-corrected chi connectivity index (χ2v) is 27.3. The number of quaternary nitrogens is 1. The lowest BCUT2D eigenvalue weighted by molar-refractivity contribution is -0.870. The molecule has 0 aliphatic heterocycles. The average molecular weight is 1270 g/mol.